The molecule has 0 radical (unpaired) electrons. The van der Waals surface area contributed by atoms with E-state index in [4.69, 9.17) is 4.74 Å². The van der Waals surface area contributed by atoms with Crippen molar-refractivity contribution < 1.29 is 13.9 Å². The highest BCUT2D eigenvalue weighted by molar-refractivity contribution is 5.76. The molecule has 3 nitrogen and oxygen atoms in total. The zero-order valence-electron chi connectivity index (χ0n) is 16.5. The van der Waals surface area contributed by atoms with Crippen molar-refractivity contribution in [1.29, 1.82) is 0 Å². The Morgan fingerprint density at radius 3 is 2.54 bits per heavy atom. The number of aryl methyl sites for hydroxylation is 2. The Morgan fingerprint density at radius 1 is 1.14 bits per heavy atom. The fourth-order valence-electron chi connectivity index (χ4n) is 4.71. The van der Waals surface area contributed by atoms with Crippen LogP contribution in [0.15, 0.2) is 48.5 Å². The molecule has 2 heterocycles. The van der Waals surface area contributed by atoms with Crippen molar-refractivity contribution in [1.82, 2.24) is 4.90 Å². The Morgan fingerprint density at radius 2 is 1.86 bits per heavy atom. The van der Waals surface area contributed by atoms with Crippen LogP contribution >= 0.6 is 0 Å². The van der Waals surface area contributed by atoms with Crippen molar-refractivity contribution in [3.63, 3.8) is 0 Å². The van der Waals surface area contributed by atoms with E-state index in [0.717, 1.165) is 47.9 Å². The second kappa shape index (κ2) is 7.78. The number of piperidine rings is 1. The monoisotopic (exact) mass is 379 g/mol. The molecule has 0 aliphatic carbocycles. The van der Waals surface area contributed by atoms with Crippen molar-refractivity contribution in [3.05, 3.63) is 76.6 Å². The first-order chi connectivity index (χ1) is 13.5. The predicted octanol–water partition coefficient (Wildman–Crippen LogP) is 5.79. The molecule has 146 valence electrons. The zero-order valence-corrected chi connectivity index (χ0v) is 16.5. The number of halogens is 1. The maximum atomic E-state index is 13.7. The van der Waals surface area contributed by atoms with Gasteiger partial charge in [-0.1, -0.05) is 36.4 Å². The zero-order chi connectivity index (χ0) is 19.7. The molecule has 28 heavy (non-hydrogen) atoms. The van der Waals surface area contributed by atoms with Gasteiger partial charge in [0.2, 0.25) is 0 Å². The molecule has 1 saturated heterocycles. The second-order valence-corrected chi connectivity index (χ2v) is 7.91. The van der Waals surface area contributed by atoms with Gasteiger partial charge in [-0.2, -0.15) is 0 Å². The van der Waals surface area contributed by atoms with Crippen molar-refractivity contribution >= 4 is 11.7 Å². The lowest BCUT2D eigenvalue weighted by molar-refractivity contribution is 0.0510. The standard InChI is InChI=1S/C24H26FNO2/c1-16-11-20(25)12-17(2)23(16)19-13-21-9-6-10-22(14-19)26(21)24(27)28-15-18-7-4-3-5-8-18/h3-5,7-8,11-13,21-22H,6,9-10,14-15H2,1-2H3. The van der Waals surface area contributed by atoms with Crippen LogP contribution in [0.1, 0.15) is 47.9 Å². The average Bonchev–Trinajstić information content (AvgIpc) is 2.65. The Hall–Kier alpha value is -2.62. The Balaban J connectivity index is 1.55. The van der Waals surface area contributed by atoms with Crippen LogP contribution in [0.3, 0.4) is 0 Å². The first-order valence-electron chi connectivity index (χ1n) is 10.00. The van der Waals surface area contributed by atoms with Crippen molar-refractivity contribution in [2.75, 3.05) is 0 Å². The highest BCUT2D eigenvalue weighted by atomic mass is 19.1. The number of benzene rings is 2. The molecular formula is C24H26FNO2. The molecule has 0 saturated carbocycles. The third kappa shape index (κ3) is 3.68. The summed E-state index contributed by atoms with van der Waals surface area (Å²) in [6, 6.07) is 13.2. The third-order valence-electron chi connectivity index (χ3n) is 5.87. The smallest absolute Gasteiger partial charge is 0.410 e. The molecule has 4 rings (SSSR count). The lowest BCUT2D eigenvalue weighted by Crippen LogP contribution is -2.51. The molecule has 1 amide bonds. The fourth-order valence-corrected chi connectivity index (χ4v) is 4.71. The summed E-state index contributed by atoms with van der Waals surface area (Å²) in [5.41, 5.74) is 5.28. The number of rotatable bonds is 3. The second-order valence-electron chi connectivity index (χ2n) is 7.91. The summed E-state index contributed by atoms with van der Waals surface area (Å²) in [5.74, 6) is -0.193. The van der Waals surface area contributed by atoms with E-state index in [9.17, 15) is 9.18 Å². The summed E-state index contributed by atoms with van der Waals surface area (Å²) >= 11 is 0. The molecule has 2 aromatic rings. The number of nitrogens with zero attached hydrogens (tertiary/aromatic N) is 1. The SMILES string of the molecule is Cc1cc(F)cc(C)c1C1=CC2CCCC(C1)N2C(=O)OCc1ccccc1. The van der Waals surface area contributed by atoms with Crippen molar-refractivity contribution in [2.45, 2.75) is 58.2 Å². The molecule has 0 N–H and O–H groups in total. The number of ether oxygens (including phenoxy) is 1. The van der Waals surface area contributed by atoms with Gasteiger partial charge in [0.15, 0.2) is 0 Å². The van der Waals surface area contributed by atoms with E-state index in [1.165, 1.54) is 5.57 Å². The van der Waals surface area contributed by atoms with E-state index in [0.29, 0.717) is 6.61 Å². The van der Waals surface area contributed by atoms with Crippen LogP contribution in [0.25, 0.3) is 5.57 Å². The molecule has 2 aliphatic heterocycles. The molecule has 2 bridgehead atoms. The molecule has 2 aromatic carbocycles. The van der Waals surface area contributed by atoms with Crippen LogP contribution in [-0.2, 0) is 11.3 Å². The quantitative estimate of drug-likeness (QED) is 0.675. The predicted molar refractivity (Wildman–Crippen MR) is 108 cm³/mol. The molecular weight excluding hydrogens is 353 g/mol. The van der Waals surface area contributed by atoms with E-state index in [-0.39, 0.29) is 24.0 Å². The van der Waals surface area contributed by atoms with Crippen LogP contribution in [-0.4, -0.2) is 23.1 Å². The molecule has 1 fully saturated rings. The minimum absolute atomic E-state index is 0.0506. The maximum Gasteiger partial charge on any atom is 0.410 e. The summed E-state index contributed by atoms with van der Waals surface area (Å²) in [6.45, 7) is 4.22. The van der Waals surface area contributed by atoms with Gasteiger partial charge >= 0.3 is 6.09 Å². The summed E-state index contributed by atoms with van der Waals surface area (Å²) < 4.78 is 19.3. The first kappa shape index (κ1) is 18.7. The number of carbonyl (C=O) groups is 1. The number of carbonyl (C=O) groups excluding carboxylic acids is 1. The lowest BCUT2D eigenvalue weighted by atomic mass is 9.81. The summed E-state index contributed by atoms with van der Waals surface area (Å²) in [4.78, 5) is 14.8. The van der Waals surface area contributed by atoms with Gasteiger partial charge in [0.1, 0.15) is 12.4 Å². The molecule has 2 atom stereocenters. The van der Waals surface area contributed by atoms with Gasteiger partial charge in [0.25, 0.3) is 0 Å². The Kier molecular flexibility index (Phi) is 5.21. The molecule has 0 spiro atoms. The van der Waals surface area contributed by atoms with Crippen LogP contribution < -0.4 is 0 Å². The fraction of sp³-hybridized carbons (Fsp3) is 0.375. The van der Waals surface area contributed by atoms with Gasteiger partial charge < -0.3 is 4.74 Å². The van der Waals surface area contributed by atoms with Crippen LogP contribution in [0, 0.1) is 19.7 Å². The number of amides is 1. The van der Waals surface area contributed by atoms with Gasteiger partial charge in [0, 0.05) is 6.04 Å². The van der Waals surface area contributed by atoms with Gasteiger partial charge in [-0.15, -0.1) is 0 Å². The molecule has 2 aliphatic rings. The first-order valence-corrected chi connectivity index (χ1v) is 10.00. The molecule has 4 heteroatoms. The Bertz CT molecular complexity index is 883. The highest BCUT2D eigenvalue weighted by Crippen LogP contribution is 2.39. The summed E-state index contributed by atoms with van der Waals surface area (Å²) in [5, 5.41) is 0. The normalized spacial score (nSPS) is 21.2. The largest absolute Gasteiger partial charge is 0.445 e. The molecule has 2 unspecified atom stereocenters. The topological polar surface area (TPSA) is 29.5 Å². The van der Waals surface area contributed by atoms with Crippen molar-refractivity contribution in [2.24, 2.45) is 0 Å². The number of fused-ring (bicyclic) bond motifs is 2. The minimum Gasteiger partial charge on any atom is -0.445 e. The Labute approximate surface area is 165 Å². The van der Waals surface area contributed by atoms with Gasteiger partial charge in [-0.25, -0.2) is 9.18 Å². The van der Waals surface area contributed by atoms with Gasteiger partial charge in [-0.05, 0) is 79.5 Å². The van der Waals surface area contributed by atoms with Crippen molar-refractivity contribution in [3.8, 4) is 0 Å². The van der Waals surface area contributed by atoms with Crippen LogP contribution in [0.2, 0.25) is 0 Å². The van der Waals surface area contributed by atoms with Crippen LogP contribution in [0.4, 0.5) is 9.18 Å². The molecule has 0 aromatic heterocycles. The van der Waals surface area contributed by atoms with E-state index in [1.807, 2.05) is 49.1 Å². The van der Waals surface area contributed by atoms with Crippen LogP contribution in [0.5, 0.6) is 0 Å². The van der Waals surface area contributed by atoms with E-state index >= 15 is 0 Å². The van der Waals surface area contributed by atoms with Gasteiger partial charge in [-0.3, -0.25) is 4.90 Å². The van der Waals surface area contributed by atoms with E-state index < -0.39 is 0 Å². The van der Waals surface area contributed by atoms with E-state index in [1.54, 1.807) is 12.1 Å². The number of hydrogen-bond donors (Lipinski definition) is 0. The minimum atomic E-state index is -0.235. The lowest BCUT2D eigenvalue weighted by Gasteiger charge is -2.44. The van der Waals surface area contributed by atoms with E-state index in [2.05, 4.69) is 6.08 Å². The highest BCUT2D eigenvalue weighted by Gasteiger charge is 2.38. The summed E-state index contributed by atoms with van der Waals surface area (Å²) in [6.07, 6.45) is 5.80. The van der Waals surface area contributed by atoms with Gasteiger partial charge in [0.05, 0.1) is 6.04 Å². The average molecular weight is 379 g/mol. The maximum absolute atomic E-state index is 13.7. The third-order valence-corrected chi connectivity index (χ3v) is 5.87. The summed E-state index contributed by atoms with van der Waals surface area (Å²) in [7, 11) is 0. The number of hydrogen-bond acceptors (Lipinski definition) is 2.